The van der Waals surface area contributed by atoms with Gasteiger partial charge >= 0.3 is 0 Å². The van der Waals surface area contributed by atoms with Crippen LogP contribution in [-0.2, 0) is 13.6 Å². The molecule has 0 aliphatic heterocycles. The summed E-state index contributed by atoms with van der Waals surface area (Å²) in [4.78, 5) is 4.35. The Kier molecular flexibility index (Phi) is 4.61. The first-order valence-electron chi connectivity index (χ1n) is 7.26. The van der Waals surface area contributed by atoms with Crippen LogP contribution in [0.25, 0.3) is 0 Å². The van der Waals surface area contributed by atoms with Gasteiger partial charge in [-0.25, -0.2) is 4.98 Å². The van der Waals surface area contributed by atoms with Crippen LogP contribution in [0.1, 0.15) is 42.5 Å². The molecule has 3 heteroatoms. The van der Waals surface area contributed by atoms with Crippen molar-refractivity contribution in [1.82, 2.24) is 14.9 Å². The Labute approximate surface area is 122 Å². The van der Waals surface area contributed by atoms with Crippen LogP contribution in [0.2, 0.25) is 0 Å². The molecule has 0 aliphatic rings. The van der Waals surface area contributed by atoms with Gasteiger partial charge in [0.2, 0.25) is 0 Å². The lowest BCUT2D eigenvalue weighted by Crippen LogP contribution is -2.26. The Hall–Kier alpha value is -1.61. The molecule has 0 aliphatic carbocycles. The summed E-state index contributed by atoms with van der Waals surface area (Å²) in [7, 11) is 2.07. The minimum Gasteiger partial charge on any atom is -0.334 e. The van der Waals surface area contributed by atoms with E-state index in [1.54, 1.807) is 0 Å². The number of nitrogens with one attached hydrogen (secondary N) is 1. The van der Waals surface area contributed by atoms with Crippen LogP contribution < -0.4 is 5.32 Å². The van der Waals surface area contributed by atoms with Crippen molar-refractivity contribution in [1.29, 1.82) is 0 Å². The molecular weight excluding hydrogens is 246 g/mol. The lowest BCUT2D eigenvalue weighted by atomic mass is 9.92. The molecule has 1 N–H and O–H groups in total. The molecule has 0 saturated heterocycles. The maximum atomic E-state index is 4.35. The monoisotopic (exact) mass is 271 g/mol. The molecule has 1 atom stereocenters. The molecule has 2 rings (SSSR count). The van der Waals surface area contributed by atoms with Crippen LogP contribution in [-0.4, -0.2) is 9.55 Å². The highest BCUT2D eigenvalue weighted by molar-refractivity contribution is 5.29. The molecule has 3 nitrogen and oxygen atoms in total. The fourth-order valence-corrected chi connectivity index (χ4v) is 2.57. The Balaban J connectivity index is 2.15. The third-order valence-corrected chi connectivity index (χ3v) is 4.01. The van der Waals surface area contributed by atoms with E-state index in [1.165, 1.54) is 16.8 Å². The summed E-state index contributed by atoms with van der Waals surface area (Å²) in [5.41, 5.74) is 3.96. The van der Waals surface area contributed by atoms with E-state index in [4.69, 9.17) is 0 Å². The molecule has 2 aromatic rings. The van der Waals surface area contributed by atoms with Crippen LogP contribution in [0, 0.1) is 19.8 Å². The van der Waals surface area contributed by atoms with Gasteiger partial charge in [-0.1, -0.05) is 38.1 Å². The molecular formula is C17H25N3. The van der Waals surface area contributed by atoms with Gasteiger partial charge in [0.1, 0.15) is 5.82 Å². The maximum Gasteiger partial charge on any atom is 0.105 e. The summed E-state index contributed by atoms with van der Waals surface area (Å²) in [6, 6.07) is 8.99. The largest absolute Gasteiger partial charge is 0.334 e. The van der Waals surface area contributed by atoms with E-state index in [0.717, 1.165) is 12.4 Å². The molecule has 20 heavy (non-hydrogen) atoms. The molecule has 1 unspecified atom stereocenters. The standard InChI is InChI=1S/C17H25N3/c1-12(2)17(16-9-7-6-8-13(16)3)19-11-15-10-18-14(4)20(15)5/h6-10,12,17,19H,11H2,1-5H3. The zero-order chi connectivity index (χ0) is 14.7. The summed E-state index contributed by atoms with van der Waals surface area (Å²) < 4.78 is 2.14. The van der Waals surface area contributed by atoms with Crippen molar-refractivity contribution in [2.45, 2.75) is 40.3 Å². The van der Waals surface area contributed by atoms with Crippen molar-refractivity contribution >= 4 is 0 Å². The van der Waals surface area contributed by atoms with Gasteiger partial charge in [-0.3, -0.25) is 0 Å². The number of hydrogen-bond acceptors (Lipinski definition) is 2. The summed E-state index contributed by atoms with van der Waals surface area (Å²) in [5.74, 6) is 1.60. The molecule has 0 amide bonds. The molecule has 0 spiro atoms. The Morgan fingerprint density at radius 1 is 1.20 bits per heavy atom. The quantitative estimate of drug-likeness (QED) is 0.901. The van der Waals surface area contributed by atoms with Gasteiger partial charge in [0, 0.05) is 25.8 Å². The van der Waals surface area contributed by atoms with E-state index < -0.39 is 0 Å². The average Bonchev–Trinajstić information content (AvgIpc) is 2.72. The number of aromatic nitrogens is 2. The van der Waals surface area contributed by atoms with Crippen molar-refractivity contribution in [2.75, 3.05) is 0 Å². The van der Waals surface area contributed by atoms with E-state index in [-0.39, 0.29) is 0 Å². The van der Waals surface area contributed by atoms with Crippen LogP contribution >= 0.6 is 0 Å². The summed E-state index contributed by atoms with van der Waals surface area (Å²) >= 11 is 0. The highest BCUT2D eigenvalue weighted by atomic mass is 15.1. The number of hydrogen-bond donors (Lipinski definition) is 1. The van der Waals surface area contributed by atoms with Crippen LogP contribution in [0.5, 0.6) is 0 Å². The molecule has 0 radical (unpaired) electrons. The normalized spacial score (nSPS) is 12.9. The number of benzene rings is 1. The zero-order valence-corrected chi connectivity index (χ0v) is 13.1. The van der Waals surface area contributed by atoms with E-state index in [0.29, 0.717) is 12.0 Å². The minimum atomic E-state index is 0.367. The summed E-state index contributed by atoms with van der Waals surface area (Å²) in [5, 5.41) is 3.69. The van der Waals surface area contributed by atoms with Gasteiger partial charge in [-0.05, 0) is 30.9 Å². The number of imidazole rings is 1. The van der Waals surface area contributed by atoms with Crippen molar-refractivity contribution in [3.63, 3.8) is 0 Å². The predicted octanol–water partition coefficient (Wildman–Crippen LogP) is 3.52. The molecule has 0 fully saturated rings. The number of nitrogens with zero attached hydrogens (tertiary/aromatic N) is 2. The second kappa shape index (κ2) is 6.23. The smallest absolute Gasteiger partial charge is 0.105 e. The first kappa shape index (κ1) is 14.8. The molecule has 1 aromatic carbocycles. The van der Waals surface area contributed by atoms with E-state index in [1.807, 2.05) is 13.1 Å². The first-order chi connectivity index (χ1) is 9.50. The Bertz CT molecular complexity index is 569. The van der Waals surface area contributed by atoms with Crippen molar-refractivity contribution < 1.29 is 0 Å². The van der Waals surface area contributed by atoms with Gasteiger partial charge in [0.05, 0.1) is 5.69 Å². The lowest BCUT2D eigenvalue weighted by Gasteiger charge is -2.24. The van der Waals surface area contributed by atoms with Crippen molar-refractivity contribution in [3.05, 3.63) is 53.1 Å². The highest BCUT2D eigenvalue weighted by Gasteiger charge is 2.17. The lowest BCUT2D eigenvalue weighted by molar-refractivity contribution is 0.404. The van der Waals surface area contributed by atoms with Gasteiger partial charge < -0.3 is 9.88 Å². The zero-order valence-electron chi connectivity index (χ0n) is 13.1. The highest BCUT2D eigenvalue weighted by Crippen LogP contribution is 2.25. The summed E-state index contributed by atoms with van der Waals surface area (Å²) in [6.45, 7) is 9.58. The molecule has 1 heterocycles. The second-order valence-corrected chi connectivity index (χ2v) is 5.81. The fraction of sp³-hybridized carbons (Fsp3) is 0.471. The van der Waals surface area contributed by atoms with Crippen LogP contribution in [0.15, 0.2) is 30.5 Å². The minimum absolute atomic E-state index is 0.367. The van der Waals surface area contributed by atoms with Gasteiger partial charge in [0.25, 0.3) is 0 Å². The summed E-state index contributed by atoms with van der Waals surface area (Å²) in [6.07, 6.45) is 1.96. The first-order valence-corrected chi connectivity index (χ1v) is 7.26. The maximum absolute atomic E-state index is 4.35. The van der Waals surface area contributed by atoms with E-state index in [2.05, 4.69) is 67.0 Å². The SMILES string of the molecule is Cc1ccccc1C(NCc1cnc(C)n1C)C(C)C. The number of rotatable bonds is 5. The van der Waals surface area contributed by atoms with Crippen LogP contribution in [0.3, 0.4) is 0 Å². The third-order valence-electron chi connectivity index (χ3n) is 4.01. The molecule has 1 aromatic heterocycles. The van der Waals surface area contributed by atoms with Crippen molar-refractivity contribution in [3.8, 4) is 0 Å². The van der Waals surface area contributed by atoms with Gasteiger partial charge in [-0.2, -0.15) is 0 Å². The molecule has 0 bridgehead atoms. The third kappa shape index (κ3) is 3.10. The average molecular weight is 271 g/mol. The predicted molar refractivity (Wildman–Crippen MR) is 83.5 cm³/mol. The Morgan fingerprint density at radius 3 is 2.45 bits per heavy atom. The fourth-order valence-electron chi connectivity index (χ4n) is 2.57. The number of aryl methyl sites for hydroxylation is 2. The van der Waals surface area contributed by atoms with Crippen molar-refractivity contribution in [2.24, 2.45) is 13.0 Å². The second-order valence-electron chi connectivity index (χ2n) is 5.81. The molecule has 0 saturated carbocycles. The van der Waals surface area contributed by atoms with Gasteiger partial charge in [-0.15, -0.1) is 0 Å². The topological polar surface area (TPSA) is 29.9 Å². The Morgan fingerprint density at radius 2 is 1.90 bits per heavy atom. The van der Waals surface area contributed by atoms with E-state index >= 15 is 0 Å². The van der Waals surface area contributed by atoms with E-state index in [9.17, 15) is 0 Å². The van der Waals surface area contributed by atoms with Crippen LogP contribution in [0.4, 0.5) is 0 Å². The molecule has 108 valence electrons. The van der Waals surface area contributed by atoms with Gasteiger partial charge in [0.15, 0.2) is 0 Å².